The van der Waals surface area contributed by atoms with Crippen molar-refractivity contribution in [2.75, 3.05) is 5.32 Å². The van der Waals surface area contributed by atoms with Crippen LogP contribution in [0.3, 0.4) is 0 Å². The maximum Gasteiger partial charge on any atom is 0.267 e. The van der Waals surface area contributed by atoms with Crippen LogP contribution in [0.1, 0.15) is 17.2 Å². The number of fused-ring (bicyclic) bond motifs is 1. The third kappa shape index (κ3) is 5.18. The fraction of sp³-hybridized carbons (Fsp3) is 0.0400. The molecule has 160 valence electrons. The molecule has 5 nitrogen and oxygen atoms in total. The molecule has 0 aliphatic rings. The van der Waals surface area contributed by atoms with Crippen LogP contribution < -0.4 is 10.7 Å². The highest BCUT2D eigenvalue weighted by Gasteiger charge is 2.20. The zero-order chi connectivity index (χ0) is 22.5. The number of hydrogen-bond donors (Lipinski definition) is 3. The third-order valence-corrected chi connectivity index (χ3v) is 6.09. The summed E-state index contributed by atoms with van der Waals surface area (Å²) < 4.78 is 1.06. The summed E-state index contributed by atoms with van der Waals surface area (Å²) in [5, 5.41) is 19.5. The van der Waals surface area contributed by atoms with Crippen molar-refractivity contribution < 1.29 is 9.90 Å². The van der Waals surface area contributed by atoms with Gasteiger partial charge in [0.1, 0.15) is 11.8 Å². The standard InChI is InChI=1S/C25H19Br2N3O2/c26-21-12-16(13-22(27)24(21)31)15-28-30-25(32)23(18-7-2-1-3-8-18)29-20-11-10-17-6-4-5-9-19(17)14-20/h1-15,23,29,31H,(H,30,32)/b28-15+. The van der Waals surface area contributed by atoms with Crippen LogP contribution in [0.4, 0.5) is 5.69 Å². The Morgan fingerprint density at radius 1 is 0.875 bits per heavy atom. The van der Waals surface area contributed by atoms with Gasteiger partial charge in [-0.1, -0.05) is 60.7 Å². The van der Waals surface area contributed by atoms with Gasteiger partial charge in [-0.05, 0) is 78.0 Å². The Morgan fingerprint density at radius 3 is 2.25 bits per heavy atom. The summed E-state index contributed by atoms with van der Waals surface area (Å²) in [7, 11) is 0. The van der Waals surface area contributed by atoms with Gasteiger partial charge in [0.25, 0.3) is 5.91 Å². The van der Waals surface area contributed by atoms with Crippen molar-refractivity contribution >= 4 is 60.4 Å². The molecule has 4 aromatic carbocycles. The van der Waals surface area contributed by atoms with Crippen LogP contribution >= 0.6 is 31.9 Å². The number of nitrogens with one attached hydrogen (secondary N) is 2. The van der Waals surface area contributed by atoms with Crippen molar-refractivity contribution in [1.29, 1.82) is 0 Å². The topological polar surface area (TPSA) is 73.7 Å². The monoisotopic (exact) mass is 551 g/mol. The van der Waals surface area contributed by atoms with E-state index < -0.39 is 6.04 Å². The molecule has 4 aromatic rings. The number of aromatic hydroxyl groups is 1. The van der Waals surface area contributed by atoms with Gasteiger partial charge in [0.15, 0.2) is 0 Å². The molecular formula is C25H19Br2N3O2. The Kier molecular flexibility index (Phi) is 6.87. The fourth-order valence-electron chi connectivity index (χ4n) is 3.29. The second kappa shape index (κ2) is 9.97. The van der Waals surface area contributed by atoms with Crippen LogP contribution in [-0.2, 0) is 4.79 Å². The predicted molar refractivity (Wildman–Crippen MR) is 136 cm³/mol. The van der Waals surface area contributed by atoms with E-state index in [4.69, 9.17) is 0 Å². The van der Waals surface area contributed by atoms with E-state index in [0.717, 1.165) is 22.0 Å². The van der Waals surface area contributed by atoms with Gasteiger partial charge in [0.2, 0.25) is 0 Å². The Labute approximate surface area is 202 Å². The minimum Gasteiger partial charge on any atom is -0.506 e. The second-order valence-corrected chi connectivity index (χ2v) is 8.83. The van der Waals surface area contributed by atoms with E-state index in [1.807, 2.05) is 66.7 Å². The average Bonchev–Trinajstić information content (AvgIpc) is 2.81. The van der Waals surface area contributed by atoms with E-state index in [-0.39, 0.29) is 11.7 Å². The van der Waals surface area contributed by atoms with E-state index >= 15 is 0 Å². The first-order valence-electron chi connectivity index (χ1n) is 9.82. The molecule has 0 aliphatic carbocycles. The average molecular weight is 553 g/mol. The first-order valence-corrected chi connectivity index (χ1v) is 11.4. The van der Waals surface area contributed by atoms with Crippen LogP contribution in [-0.4, -0.2) is 17.2 Å². The van der Waals surface area contributed by atoms with Crippen LogP contribution in [0.15, 0.2) is 99.0 Å². The summed E-state index contributed by atoms with van der Waals surface area (Å²) in [6.45, 7) is 0. The highest BCUT2D eigenvalue weighted by Crippen LogP contribution is 2.32. The summed E-state index contributed by atoms with van der Waals surface area (Å²) in [4.78, 5) is 13.0. The molecule has 0 heterocycles. The van der Waals surface area contributed by atoms with Crippen molar-refractivity contribution in [2.45, 2.75) is 6.04 Å². The lowest BCUT2D eigenvalue weighted by Gasteiger charge is -2.19. The van der Waals surface area contributed by atoms with Gasteiger partial charge in [0, 0.05) is 5.69 Å². The summed E-state index contributed by atoms with van der Waals surface area (Å²) in [6.07, 6.45) is 1.52. The largest absolute Gasteiger partial charge is 0.506 e. The zero-order valence-corrected chi connectivity index (χ0v) is 20.0. The van der Waals surface area contributed by atoms with E-state index in [1.54, 1.807) is 12.1 Å². The fourth-order valence-corrected chi connectivity index (χ4v) is 4.51. The Balaban J connectivity index is 1.55. The Bertz CT molecular complexity index is 1270. The Hall–Kier alpha value is -3.16. The highest BCUT2D eigenvalue weighted by atomic mass is 79.9. The van der Waals surface area contributed by atoms with Crippen LogP contribution in [0.25, 0.3) is 10.8 Å². The number of amides is 1. The number of phenols is 1. The van der Waals surface area contributed by atoms with Crippen molar-refractivity contribution in [2.24, 2.45) is 5.10 Å². The van der Waals surface area contributed by atoms with Gasteiger partial charge in [0.05, 0.1) is 15.2 Å². The lowest BCUT2D eigenvalue weighted by molar-refractivity contribution is -0.121. The van der Waals surface area contributed by atoms with Crippen LogP contribution in [0.2, 0.25) is 0 Å². The molecule has 0 aliphatic heterocycles. The maximum absolute atomic E-state index is 13.0. The van der Waals surface area contributed by atoms with Crippen LogP contribution in [0.5, 0.6) is 5.75 Å². The lowest BCUT2D eigenvalue weighted by Crippen LogP contribution is -2.30. The van der Waals surface area contributed by atoms with E-state index in [9.17, 15) is 9.90 Å². The van der Waals surface area contributed by atoms with E-state index in [1.165, 1.54) is 6.21 Å². The second-order valence-electron chi connectivity index (χ2n) is 7.12. The molecule has 7 heteroatoms. The molecule has 0 saturated carbocycles. The summed E-state index contributed by atoms with van der Waals surface area (Å²) in [6, 6.07) is 26.4. The molecule has 0 fully saturated rings. The van der Waals surface area contributed by atoms with Crippen LogP contribution in [0, 0.1) is 0 Å². The van der Waals surface area contributed by atoms with Crippen molar-refractivity contribution in [3.8, 4) is 5.75 Å². The number of benzene rings is 4. The summed E-state index contributed by atoms with van der Waals surface area (Å²) in [5.41, 5.74) is 4.98. The summed E-state index contributed by atoms with van der Waals surface area (Å²) in [5.74, 6) is -0.188. The zero-order valence-electron chi connectivity index (χ0n) is 16.8. The number of carbonyl (C=O) groups excluding carboxylic acids is 1. The number of nitrogens with zero attached hydrogens (tertiary/aromatic N) is 1. The van der Waals surface area contributed by atoms with Gasteiger partial charge >= 0.3 is 0 Å². The third-order valence-electron chi connectivity index (χ3n) is 4.88. The molecular weight excluding hydrogens is 534 g/mol. The minimum absolute atomic E-state index is 0.106. The maximum atomic E-state index is 13.0. The number of anilines is 1. The number of hydrazone groups is 1. The lowest BCUT2D eigenvalue weighted by atomic mass is 10.0. The quantitative estimate of drug-likeness (QED) is 0.192. The van der Waals surface area contributed by atoms with Gasteiger partial charge < -0.3 is 10.4 Å². The first kappa shape index (κ1) is 22.0. The van der Waals surface area contributed by atoms with Gasteiger partial charge in [-0.15, -0.1) is 0 Å². The first-order chi connectivity index (χ1) is 15.5. The molecule has 3 N–H and O–H groups in total. The molecule has 32 heavy (non-hydrogen) atoms. The van der Waals surface area contributed by atoms with Gasteiger partial charge in [-0.2, -0.15) is 5.10 Å². The molecule has 0 radical (unpaired) electrons. The minimum atomic E-state index is -0.632. The van der Waals surface area contributed by atoms with Crippen molar-refractivity contribution in [1.82, 2.24) is 5.43 Å². The molecule has 0 bridgehead atoms. The SMILES string of the molecule is O=C(N/N=C/c1cc(Br)c(O)c(Br)c1)C(Nc1ccc2ccccc2c1)c1ccccc1. The number of rotatable bonds is 6. The highest BCUT2D eigenvalue weighted by molar-refractivity contribution is 9.11. The molecule has 1 amide bonds. The molecule has 0 aromatic heterocycles. The summed E-state index contributed by atoms with van der Waals surface area (Å²) >= 11 is 6.57. The molecule has 0 spiro atoms. The number of halogens is 2. The molecule has 0 saturated heterocycles. The van der Waals surface area contributed by atoms with Gasteiger partial charge in [-0.3, -0.25) is 4.79 Å². The smallest absolute Gasteiger partial charge is 0.267 e. The number of phenolic OH excluding ortho intramolecular Hbond substituents is 1. The van der Waals surface area contributed by atoms with E-state index in [2.05, 4.69) is 53.8 Å². The number of hydrogen-bond acceptors (Lipinski definition) is 4. The van der Waals surface area contributed by atoms with Crippen molar-refractivity contribution in [3.05, 3.63) is 105 Å². The predicted octanol–water partition coefficient (Wildman–Crippen LogP) is 6.37. The molecule has 1 atom stereocenters. The normalized spacial score (nSPS) is 12.1. The van der Waals surface area contributed by atoms with E-state index in [0.29, 0.717) is 14.5 Å². The molecule has 1 unspecified atom stereocenters. The molecule has 4 rings (SSSR count). The number of carbonyl (C=O) groups is 1. The Morgan fingerprint density at radius 2 is 1.53 bits per heavy atom. The van der Waals surface area contributed by atoms with Gasteiger partial charge in [-0.25, -0.2) is 5.43 Å². The van der Waals surface area contributed by atoms with Crippen molar-refractivity contribution in [3.63, 3.8) is 0 Å².